The van der Waals surface area contributed by atoms with Gasteiger partial charge in [0.2, 0.25) is 0 Å². The van der Waals surface area contributed by atoms with Crippen LogP contribution < -0.4 is 10.7 Å². The van der Waals surface area contributed by atoms with Crippen molar-refractivity contribution >= 4 is 18.0 Å². The molecular weight excluding hydrogens is 270 g/mol. The van der Waals surface area contributed by atoms with Gasteiger partial charge in [0, 0.05) is 11.6 Å². The van der Waals surface area contributed by atoms with Crippen LogP contribution in [-0.4, -0.2) is 29.2 Å². The number of rotatable bonds is 3. The molecule has 2 amide bonds. The van der Waals surface area contributed by atoms with E-state index in [1.807, 2.05) is 0 Å². The number of aromatic hydroxyl groups is 1. The molecule has 1 fully saturated rings. The van der Waals surface area contributed by atoms with Crippen LogP contribution in [0.1, 0.15) is 37.7 Å². The Morgan fingerprint density at radius 3 is 2.57 bits per heavy atom. The molecule has 1 aromatic rings. The van der Waals surface area contributed by atoms with Crippen LogP contribution in [0.5, 0.6) is 5.75 Å². The van der Waals surface area contributed by atoms with Crippen molar-refractivity contribution < 1.29 is 14.7 Å². The highest BCUT2D eigenvalue weighted by Gasteiger charge is 2.19. The summed E-state index contributed by atoms with van der Waals surface area (Å²) in [5.41, 5.74) is 2.62. The van der Waals surface area contributed by atoms with E-state index in [2.05, 4.69) is 15.8 Å². The number of phenolic OH excluding ortho intramolecular Hbond substituents is 1. The fourth-order valence-corrected chi connectivity index (χ4v) is 2.31. The number of benzene rings is 1. The van der Waals surface area contributed by atoms with Gasteiger partial charge in [-0.1, -0.05) is 31.4 Å². The highest BCUT2D eigenvalue weighted by Crippen LogP contribution is 2.17. The second-order valence-electron chi connectivity index (χ2n) is 5.07. The summed E-state index contributed by atoms with van der Waals surface area (Å²) in [6.07, 6.45) is 6.47. The summed E-state index contributed by atoms with van der Waals surface area (Å²) in [5, 5.41) is 15.9. The van der Waals surface area contributed by atoms with Gasteiger partial charge in [0.25, 0.3) is 0 Å². The molecule has 0 saturated heterocycles. The van der Waals surface area contributed by atoms with Crippen LogP contribution in [0.2, 0.25) is 0 Å². The Bertz CT molecular complexity index is 537. The zero-order chi connectivity index (χ0) is 15.1. The first-order valence-electron chi connectivity index (χ1n) is 7.08. The lowest BCUT2D eigenvalue weighted by Crippen LogP contribution is -2.44. The van der Waals surface area contributed by atoms with Gasteiger partial charge in [-0.2, -0.15) is 5.10 Å². The van der Waals surface area contributed by atoms with Crippen molar-refractivity contribution in [3.8, 4) is 5.75 Å². The van der Waals surface area contributed by atoms with Crippen LogP contribution >= 0.6 is 0 Å². The summed E-state index contributed by atoms with van der Waals surface area (Å²) < 4.78 is 0. The van der Waals surface area contributed by atoms with E-state index in [0.29, 0.717) is 5.56 Å². The molecule has 0 aromatic heterocycles. The number of hydrogen-bond acceptors (Lipinski definition) is 4. The summed E-state index contributed by atoms with van der Waals surface area (Å²) in [6, 6.07) is 6.66. The maximum Gasteiger partial charge on any atom is 0.329 e. The standard InChI is InChI=1S/C15H19N3O3/c19-13-9-5-4-6-11(13)10-16-18-15(21)14(20)17-12-7-2-1-3-8-12/h4-6,9-10,12,19H,1-3,7-8H2,(H,17,20)(H,18,21)/b16-10+. The number of amides is 2. The van der Waals surface area contributed by atoms with E-state index >= 15 is 0 Å². The molecule has 21 heavy (non-hydrogen) atoms. The number of nitrogens with zero attached hydrogens (tertiary/aromatic N) is 1. The molecule has 6 heteroatoms. The molecule has 3 N–H and O–H groups in total. The van der Waals surface area contributed by atoms with E-state index < -0.39 is 11.8 Å². The molecule has 0 radical (unpaired) electrons. The van der Waals surface area contributed by atoms with Gasteiger partial charge in [-0.05, 0) is 25.0 Å². The highest BCUT2D eigenvalue weighted by atomic mass is 16.3. The molecule has 1 saturated carbocycles. The fourth-order valence-electron chi connectivity index (χ4n) is 2.31. The molecule has 6 nitrogen and oxygen atoms in total. The Morgan fingerprint density at radius 1 is 1.14 bits per heavy atom. The van der Waals surface area contributed by atoms with Crippen molar-refractivity contribution in [1.82, 2.24) is 10.7 Å². The average Bonchev–Trinajstić information content (AvgIpc) is 2.50. The van der Waals surface area contributed by atoms with Gasteiger partial charge in [-0.3, -0.25) is 9.59 Å². The first-order valence-corrected chi connectivity index (χ1v) is 7.08. The van der Waals surface area contributed by atoms with Gasteiger partial charge in [-0.25, -0.2) is 5.43 Å². The van der Waals surface area contributed by atoms with Crippen LogP contribution in [0.4, 0.5) is 0 Å². The molecule has 0 spiro atoms. The minimum atomic E-state index is -0.799. The number of carbonyl (C=O) groups excluding carboxylic acids is 2. The van der Waals surface area contributed by atoms with Gasteiger partial charge in [0.15, 0.2) is 0 Å². The minimum Gasteiger partial charge on any atom is -0.507 e. The SMILES string of the molecule is O=C(N/N=C/c1ccccc1O)C(=O)NC1CCCCC1. The van der Waals surface area contributed by atoms with E-state index in [-0.39, 0.29) is 11.8 Å². The Balaban J connectivity index is 1.81. The molecule has 0 heterocycles. The average molecular weight is 289 g/mol. The third-order valence-corrected chi connectivity index (χ3v) is 3.45. The molecule has 2 rings (SSSR count). The number of hydrogen-bond donors (Lipinski definition) is 3. The summed E-state index contributed by atoms with van der Waals surface area (Å²) in [5.74, 6) is -1.41. The monoisotopic (exact) mass is 289 g/mol. The number of para-hydroxylation sites is 1. The van der Waals surface area contributed by atoms with Crippen LogP contribution in [0.15, 0.2) is 29.4 Å². The van der Waals surface area contributed by atoms with Crippen LogP contribution in [-0.2, 0) is 9.59 Å². The largest absolute Gasteiger partial charge is 0.507 e. The van der Waals surface area contributed by atoms with E-state index in [1.54, 1.807) is 18.2 Å². The maximum atomic E-state index is 11.7. The lowest BCUT2D eigenvalue weighted by molar-refractivity contribution is -0.139. The van der Waals surface area contributed by atoms with Crippen molar-refractivity contribution in [2.45, 2.75) is 38.1 Å². The summed E-state index contributed by atoms with van der Waals surface area (Å²) in [6.45, 7) is 0. The first kappa shape index (κ1) is 15.0. The molecule has 0 atom stereocenters. The van der Waals surface area contributed by atoms with Crippen molar-refractivity contribution in [3.05, 3.63) is 29.8 Å². The smallest absolute Gasteiger partial charge is 0.329 e. The molecule has 0 aliphatic heterocycles. The van der Waals surface area contributed by atoms with Crippen LogP contribution in [0, 0.1) is 0 Å². The number of nitrogens with one attached hydrogen (secondary N) is 2. The lowest BCUT2D eigenvalue weighted by atomic mass is 9.95. The molecular formula is C15H19N3O3. The minimum absolute atomic E-state index is 0.0576. The normalized spacial score (nSPS) is 15.8. The Labute approximate surface area is 123 Å². The van der Waals surface area contributed by atoms with Crippen molar-refractivity contribution in [1.29, 1.82) is 0 Å². The maximum absolute atomic E-state index is 11.7. The quantitative estimate of drug-likeness (QED) is 0.445. The number of hydrazone groups is 1. The fraction of sp³-hybridized carbons (Fsp3) is 0.400. The second kappa shape index (κ2) is 7.42. The van der Waals surface area contributed by atoms with Crippen molar-refractivity contribution in [3.63, 3.8) is 0 Å². The van der Waals surface area contributed by atoms with Crippen molar-refractivity contribution in [2.75, 3.05) is 0 Å². The third kappa shape index (κ3) is 4.59. The predicted molar refractivity (Wildman–Crippen MR) is 78.9 cm³/mol. The Kier molecular flexibility index (Phi) is 5.31. The zero-order valence-electron chi connectivity index (χ0n) is 11.7. The Morgan fingerprint density at radius 2 is 1.86 bits per heavy atom. The molecule has 112 valence electrons. The van der Waals surface area contributed by atoms with E-state index in [9.17, 15) is 14.7 Å². The van der Waals surface area contributed by atoms with Crippen molar-refractivity contribution in [2.24, 2.45) is 5.10 Å². The van der Waals surface area contributed by atoms with Crippen LogP contribution in [0.25, 0.3) is 0 Å². The van der Waals surface area contributed by atoms with E-state index in [1.165, 1.54) is 18.7 Å². The van der Waals surface area contributed by atoms with Gasteiger partial charge >= 0.3 is 11.8 Å². The van der Waals surface area contributed by atoms with Gasteiger partial charge in [0.05, 0.1) is 6.21 Å². The Hall–Kier alpha value is -2.37. The first-order chi connectivity index (χ1) is 10.2. The third-order valence-electron chi connectivity index (χ3n) is 3.45. The van der Waals surface area contributed by atoms with Gasteiger partial charge < -0.3 is 10.4 Å². The molecule has 1 aromatic carbocycles. The summed E-state index contributed by atoms with van der Waals surface area (Å²) >= 11 is 0. The summed E-state index contributed by atoms with van der Waals surface area (Å²) in [7, 11) is 0. The molecule has 0 unspecified atom stereocenters. The summed E-state index contributed by atoms with van der Waals surface area (Å²) in [4.78, 5) is 23.3. The molecule has 0 bridgehead atoms. The van der Waals surface area contributed by atoms with Gasteiger partial charge in [-0.15, -0.1) is 0 Å². The van der Waals surface area contributed by atoms with E-state index in [4.69, 9.17) is 0 Å². The molecule has 1 aliphatic rings. The van der Waals surface area contributed by atoms with Crippen LogP contribution in [0.3, 0.4) is 0 Å². The lowest BCUT2D eigenvalue weighted by Gasteiger charge is -2.22. The second-order valence-corrected chi connectivity index (χ2v) is 5.07. The number of carbonyl (C=O) groups is 2. The zero-order valence-corrected chi connectivity index (χ0v) is 11.7. The topological polar surface area (TPSA) is 90.8 Å². The van der Waals surface area contributed by atoms with E-state index in [0.717, 1.165) is 25.7 Å². The number of phenols is 1. The highest BCUT2D eigenvalue weighted by molar-refractivity contribution is 6.35. The predicted octanol–water partition coefficient (Wildman–Crippen LogP) is 1.29. The molecule has 1 aliphatic carbocycles. The van der Waals surface area contributed by atoms with Gasteiger partial charge in [0.1, 0.15) is 5.75 Å².